The Kier molecular flexibility index (Phi) is 4.44. The lowest BCUT2D eigenvalue weighted by molar-refractivity contribution is 0.706. The first kappa shape index (κ1) is 10.4. The fraction of sp³-hybridized carbons (Fsp3) is 0.600. The lowest BCUT2D eigenvalue weighted by atomic mass is 10.2. The molecular weight excluding hydrogens is 232 g/mol. The number of unbranched alkanes of at least 4 members (excludes halogenated alkanes) is 3. The first-order valence-electron chi connectivity index (χ1n) is 4.62. The average molecular weight is 249 g/mol. The maximum Gasteiger partial charge on any atom is -0.00653 e. The molecule has 0 amide bonds. The summed E-state index contributed by atoms with van der Waals surface area (Å²) in [6.07, 6.45) is 9.78. The lowest BCUT2D eigenvalue weighted by Crippen LogP contribution is -1.89. The summed E-state index contributed by atoms with van der Waals surface area (Å²) in [6, 6.07) is 0. The Balaban J connectivity index is 2.14. The lowest BCUT2D eigenvalue weighted by Gasteiger charge is -2.22. The van der Waals surface area contributed by atoms with Crippen molar-refractivity contribution in [1.82, 2.24) is 0 Å². The van der Waals surface area contributed by atoms with Crippen molar-refractivity contribution in [1.29, 1.82) is 0 Å². The van der Waals surface area contributed by atoms with Crippen LogP contribution in [0.4, 0.5) is 0 Å². The molecule has 1 aliphatic rings. The first-order valence-corrected chi connectivity index (χ1v) is 8.39. The van der Waals surface area contributed by atoms with Gasteiger partial charge in [0.1, 0.15) is 0 Å². The summed E-state index contributed by atoms with van der Waals surface area (Å²) in [6.45, 7) is 2.26. The molecule has 12 heavy (non-hydrogen) atoms. The van der Waals surface area contributed by atoms with Crippen molar-refractivity contribution in [2.45, 2.75) is 32.6 Å². The van der Waals surface area contributed by atoms with E-state index < -0.39 is 8.46 Å². The third-order valence-electron chi connectivity index (χ3n) is 2.03. The van der Waals surface area contributed by atoms with Gasteiger partial charge in [-0.25, -0.2) is 0 Å². The normalized spacial score (nSPS) is 21.5. The van der Waals surface area contributed by atoms with Gasteiger partial charge < -0.3 is 0 Å². The van der Waals surface area contributed by atoms with Crippen molar-refractivity contribution in [2.24, 2.45) is 0 Å². The molecule has 0 bridgehead atoms. The summed E-state index contributed by atoms with van der Waals surface area (Å²) < 4.78 is 0. The molecule has 0 saturated carbocycles. The van der Waals surface area contributed by atoms with Crippen LogP contribution in [0.1, 0.15) is 32.6 Å². The van der Waals surface area contributed by atoms with E-state index in [0.717, 1.165) is 0 Å². The average Bonchev–Trinajstić information content (AvgIpc) is 2.47. The molecular formula is C10H17BrS. The Morgan fingerprint density at radius 3 is 2.33 bits per heavy atom. The minimum atomic E-state index is -0.633. The Bertz CT molecular complexity index is 172. The van der Waals surface area contributed by atoms with E-state index >= 15 is 0 Å². The second kappa shape index (κ2) is 5.13. The molecule has 0 radical (unpaired) electrons. The number of hydrogen-bond donors (Lipinski definition) is 0. The molecule has 2 heteroatoms. The van der Waals surface area contributed by atoms with Gasteiger partial charge in [0, 0.05) is 0 Å². The predicted molar refractivity (Wildman–Crippen MR) is 63.8 cm³/mol. The molecule has 0 aromatic carbocycles. The van der Waals surface area contributed by atoms with Crippen LogP contribution in [0.2, 0.25) is 0 Å². The summed E-state index contributed by atoms with van der Waals surface area (Å²) in [5, 5.41) is 4.64. The van der Waals surface area contributed by atoms with Crippen LogP contribution < -0.4 is 0 Å². The summed E-state index contributed by atoms with van der Waals surface area (Å²) in [5.74, 6) is 1.32. The van der Waals surface area contributed by atoms with Crippen LogP contribution in [-0.4, -0.2) is 5.75 Å². The molecule has 70 valence electrons. The van der Waals surface area contributed by atoms with E-state index in [1.807, 2.05) is 0 Å². The molecule has 0 aromatic rings. The smallest absolute Gasteiger partial charge is 0.00653 e. The highest BCUT2D eigenvalue weighted by Gasteiger charge is 2.14. The number of halogens is 1. The summed E-state index contributed by atoms with van der Waals surface area (Å²) in [4.78, 5) is 0. The zero-order valence-corrected chi connectivity index (χ0v) is 10.0. The minimum absolute atomic E-state index is 0.633. The highest BCUT2D eigenvalue weighted by atomic mass is 79.9. The maximum absolute atomic E-state index is 3.81. The fourth-order valence-corrected chi connectivity index (χ4v) is 4.43. The number of rotatable bonds is 5. The van der Waals surface area contributed by atoms with Gasteiger partial charge in [0.2, 0.25) is 0 Å². The summed E-state index contributed by atoms with van der Waals surface area (Å²) >= 11 is 3.81. The molecule has 1 heterocycles. The third kappa shape index (κ3) is 3.36. The maximum atomic E-state index is 3.81. The molecule has 0 nitrogen and oxygen atoms in total. The van der Waals surface area contributed by atoms with Gasteiger partial charge in [-0.3, -0.25) is 0 Å². The van der Waals surface area contributed by atoms with Crippen molar-refractivity contribution in [3.05, 3.63) is 23.0 Å². The SMILES string of the molecule is CCCCCCS1(Br)C=CC=C1. The largest absolute Gasteiger partial charge is 0.142 e. The second-order valence-corrected chi connectivity index (χ2v) is 9.26. The number of allylic oxidation sites excluding steroid dienone is 2. The molecule has 0 N–H and O–H groups in total. The molecule has 0 aliphatic carbocycles. The van der Waals surface area contributed by atoms with E-state index in [-0.39, 0.29) is 0 Å². The fourth-order valence-electron chi connectivity index (χ4n) is 1.28. The quantitative estimate of drug-likeness (QED) is 0.618. The van der Waals surface area contributed by atoms with Gasteiger partial charge in [-0.2, -0.15) is 0 Å². The van der Waals surface area contributed by atoms with Crippen molar-refractivity contribution >= 4 is 23.3 Å². The molecule has 0 atom stereocenters. The van der Waals surface area contributed by atoms with E-state index in [4.69, 9.17) is 0 Å². The van der Waals surface area contributed by atoms with Crippen LogP contribution in [0.15, 0.2) is 23.0 Å². The van der Waals surface area contributed by atoms with Gasteiger partial charge in [0.15, 0.2) is 0 Å². The van der Waals surface area contributed by atoms with E-state index in [1.165, 1.54) is 31.4 Å². The monoisotopic (exact) mass is 248 g/mol. The third-order valence-corrected chi connectivity index (χ3v) is 6.43. The zero-order valence-electron chi connectivity index (χ0n) is 7.63. The van der Waals surface area contributed by atoms with Crippen LogP contribution in [0.3, 0.4) is 0 Å². The van der Waals surface area contributed by atoms with Crippen LogP contribution in [-0.2, 0) is 0 Å². The van der Waals surface area contributed by atoms with Crippen molar-refractivity contribution in [3.63, 3.8) is 0 Å². The van der Waals surface area contributed by atoms with Crippen LogP contribution in [0.5, 0.6) is 0 Å². The minimum Gasteiger partial charge on any atom is -0.142 e. The zero-order chi connectivity index (χ0) is 8.86. The highest BCUT2D eigenvalue weighted by Crippen LogP contribution is 2.61. The van der Waals surface area contributed by atoms with E-state index in [1.54, 1.807) is 0 Å². The van der Waals surface area contributed by atoms with Gasteiger partial charge in [-0.15, -0.1) is 8.46 Å². The van der Waals surface area contributed by atoms with E-state index in [9.17, 15) is 0 Å². The Labute approximate surface area is 84.6 Å². The predicted octanol–water partition coefficient (Wildman–Crippen LogP) is 4.72. The highest BCUT2D eigenvalue weighted by molar-refractivity contribution is 9.59. The van der Waals surface area contributed by atoms with E-state index in [0.29, 0.717) is 0 Å². The van der Waals surface area contributed by atoms with Gasteiger partial charge in [-0.1, -0.05) is 38.3 Å². The second-order valence-electron chi connectivity index (χ2n) is 3.18. The molecule has 0 aromatic heterocycles. The van der Waals surface area contributed by atoms with Gasteiger partial charge >= 0.3 is 0 Å². The molecule has 1 aliphatic heterocycles. The van der Waals surface area contributed by atoms with Crippen molar-refractivity contribution in [2.75, 3.05) is 5.75 Å². The molecule has 0 unspecified atom stereocenters. The Morgan fingerprint density at radius 2 is 1.75 bits per heavy atom. The van der Waals surface area contributed by atoms with Crippen LogP contribution in [0, 0.1) is 0 Å². The van der Waals surface area contributed by atoms with Crippen molar-refractivity contribution in [3.8, 4) is 0 Å². The number of hydrogen-bond acceptors (Lipinski definition) is 0. The molecule has 0 fully saturated rings. The molecule has 1 rings (SSSR count). The summed E-state index contributed by atoms with van der Waals surface area (Å²) in [5.41, 5.74) is 0. The van der Waals surface area contributed by atoms with Gasteiger partial charge in [0.05, 0.1) is 0 Å². The van der Waals surface area contributed by atoms with Crippen LogP contribution >= 0.6 is 23.3 Å². The molecule has 0 saturated heterocycles. The van der Waals surface area contributed by atoms with E-state index in [2.05, 4.69) is 44.7 Å². The Hall–Kier alpha value is 0.310. The topological polar surface area (TPSA) is 0 Å². The van der Waals surface area contributed by atoms with Crippen LogP contribution in [0.25, 0.3) is 0 Å². The Morgan fingerprint density at radius 1 is 1.08 bits per heavy atom. The van der Waals surface area contributed by atoms with Gasteiger partial charge in [-0.05, 0) is 37.8 Å². The molecule has 0 spiro atoms. The van der Waals surface area contributed by atoms with Crippen molar-refractivity contribution < 1.29 is 0 Å². The standard InChI is InChI=1S/C10H17BrS/c1-2-3-4-5-8-12(11)9-6-7-10-12/h6-7,9-10H,2-5,8H2,1H3. The van der Waals surface area contributed by atoms with Gasteiger partial charge in [0.25, 0.3) is 0 Å². The first-order chi connectivity index (χ1) is 5.77. The summed E-state index contributed by atoms with van der Waals surface area (Å²) in [7, 11) is -0.633.